The third-order valence-corrected chi connectivity index (χ3v) is 5.82. The van der Waals surface area contributed by atoms with Crippen molar-refractivity contribution in [2.24, 2.45) is 0 Å². The van der Waals surface area contributed by atoms with Gasteiger partial charge in [0.1, 0.15) is 17.2 Å². The van der Waals surface area contributed by atoms with Crippen molar-refractivity contribution in [1.82, 2.24) is 9.97 Å². The van der Waals surface area contributed by atoms with Gasteiger partial charge < -0.3 is 9.80 Å². The van der Waals surface area contributed by atoms with Crippen LogP contribution in [-0.2, 0) is 5.75 Å². The molecule has 0 bridgehead atoms. The van der Waals surface area contributed by atoms with Crippen LogP contribution in [-0.4, -0.2) is 36.1 Å². The van der Waals surface area contributed by atoms with Crippen LogP contribution in [0.4, 0.5) is 11.5 Å². The molecular weight excluding hydrogens is 352 g/mol. The molecule has 5 heteroatoms. The number of aryl methyl sites for hydroxylation is 1. The molecule has 0 amide bonds. The molecule has 0 N–H and O–H groups in total. The van der Waals surface area contributed by atoms with Crippen LogP contribution in [0.2, 0.25) is 0 Å². The predicted octanol–water partition coefficient (Wildman–Crippen LogP) is 4.40. The zero-order valence-electron chi connectivity index (χ0n) is 15.6. The minimum atomic E-state index is 0.930. The summed E-state index contributed by atoms with van der Waals surface area (Å²) < 4.78 is 0. The Morgan fingerprint density at radius 2 is 1.63 bits per heavy atom. The van der Waals surface area contributed by atoms with Gasteiger partial charge in [-0.2, -0.15) is 0 Å². The van der Waals surface area contributed by atoms with E-state index in [4.69, 9.17) is 0 Å². The zero-order chi connectivity index (χ0) is 18.5. The topological polar surface area (TPSA) is 32.3 Å². The highest BCUT2D eigenvalue weighted by atomic mass is 32.2. The summed E-state index contributed by atoms with van der Waals surface area (Å²) in [7, 11) is 0. The summed E-state index contributed by atoms with van der Waals surface area (Å²) in [4.78, 5) is 13.8. The Bertz CT molecular complexity index is 876. The van der Waals surface area contributed by atoms with Crippen molar-refractivity contribution in [1.29, 1.82) is 0 Å². The first-order valence-corrected chi connectivity index (χ1v) is 10.3. The van der Waals surface area contributed by atoms with Crippen molar-refractivity contribution >= 4 is 23.3 Å². The van der Waals surface area contributed by atoms with Gasteiger partial charge in [-0.1, -0.05) is 48.0 Å². The zero-order valence-corrected chi connectivity index (χ0v) is 16.4. The summed E-state index contributed by atoms with van der Waals surface area (Å²) in [6.07, 6.45) is 1.69. The van der Waals surface area contributed by atoms with Crippen LogP contribution in [0.25, 0.3) is 0 Å². The largest absolute Gasteiger partial charge is 0.368 e. The predicted molar refractivity (Wildman–Crippen MR) is 114 cm³/mol. The van der Waals surface area contributed by atoms with E-state index in [0.29, 0.717) is 0 Å². The fourth-order valence-corrected chi connectivity index (χ4v) is 4.18. The van der Waals surface area contributed by atoms with Gasteiger partial charge >= 0.3 is 0 Å². The van der Waals surface area contributed by atoms with Gasteiger partial charge in [-0.05, 0) is 24.6 Å². The molecule has 4 nitrogen and oxygen atoms in total. The molecule has 1 aromatic heterocycles. The summed E-state index contributed by atoms with van der Waals surface area (Å²) in [6, 6.07) is 21.4. The molecule has 2 aromatic carbocycles. The Hall–Kier alpha value is -2.53. The Balaban J connectivity index is 1.37. The molecule has 1 fully saturated rings. The maximum Gasteiger partial charge on any atom is 0.133 e. The molecule has 138 valence electrons. The van der Waals surface area contributed by atoms with E-state index in [9.17, 15) is 0 Å². The lowest BCUT2D eigenvalue weighted by molar-refractivity contribution is 0.645. The van der Waals surface area contributed by atoms with Gasteiger partial charge in [0.25, 0.3) is 0 Å². The molecule has 0 aliphatic carbocycles. The Morgan fingerprint density at radius 1 is 0.852 bits per heavy atom. The van der Waals surface area contributed by atoms with Gasteiger partial charge in [-0.3, -0.25) is 0 Å². The highest BCUT2D eigenvalue weighted by molar-refractivity contribution is 7.98. The molecule has 1 aliphatic rings. The van der Waals surface area contributed by atoms with Gasteiger partial charge in [-0.15, -0.1) is 11.8 Å². The molecule has 1 aliphatic heterocycles. The summed E-state index contributed by atoms with van der Waals surface area (Å²) in [6.45, 7) is 6.12. The van der Waals surface area contributed by atoms with E-state index in [0.717, 1.165) is 42.8 Å². The molecule has 0 saturated carbocycles. The minimum absolute atomic E-state index is 0.930. The van der Waals surface area contributed by atoms with Crippen LogP contribution in [0.3, 0.4) is 0 Å². The number of thioether (sulfide) groups is 1. The van der Waals surface area contributed by atoms with Crippen LogP contribution < -0.4 is 9.80 Å². The van der Waals surface area contributed by atoms with Crippen LogP contribution in [0.5, 0.6) is 0 Å². The Morgan fingerprint density at radius 3 is 2.41 bits per heavy atom. The summed E-state index contributed by atoms with van der Waals surface area (Å²) in [5, 5.41) is 1.03. The first-order chi connectivity index (χ1) is 13.3. The second kappa shape index (κ2) is 8.44. The lowest BCUT2D eigenvalue weighted by Gasteiger charge is -2.36. The lowest BCUT2D eigenvalue weighted by atomic mass is 10.2. The number of hydrogen-bond acceptors (Lipinski definition) is 5. The van der Waals surface area contributed by atoms with Gasteiger partial charge in [-0.25, -0.2) is 9.97 Å². The second-order valence-electron chi connectivity index (χ2n) is 6.80. The summed E-state index contributed by atoms with van der Waals surface area (Å²) in [5.41, 5.74) is 3.93. The molecule has 2 heterocycles. The fraction of sp³-hybridized carbons (Fsp3) is 0.273. The van der Waals surface area contributed by atoms with E-state index in [1.54, 1.807) is 18.1 Å². The maximum absolute atomic E-state index is 4.51. The summed E-state index contributed by atoms with van der Waals surface area (Å²) in [5.74, 6) is 1.96. The average Bonchev–Trinajstić information content (AvgIpc) is 2.73. The SMILES string of the molecule is Cc1cccc(CSc2cc(N3CCN(c4ccccc4)CC3)ncn2)c1. The van der Waals surface area contributed by atoms with Crippen molar-refractivity contribution < 1.29 is 0 Å². The lowest BCUT2D eigenvalue weighted by Crippen LogP contribution is -2.46. The molecule has 4 rings (SSSR count). The van der Waals surface area contributed by atoms with E-state index in [2.05, 4.69) is 87.4 Å². The molecule has 1 saturated heterocycles. The van der Waals surface area contributed by atoms with Crippen molar-refractivity contribution in [2.75, 3.05) is 36.0 Å². The van der Waals surface area contributed by atoms with Gasteiger partial charge in [0.05, 0.1) is 0 Å². The van der Waals surface area contributed by atoms with Crippen molar-refractivity contribution in [3.63, 3.8) is 0 Å². The Labute approximate surface area is 165 Å². The van der Waals surface area contributed by atoms with E-state index in [1.165, 1.54) is 16.8 Å². The molecule has 3 aromatic rings. The molecule has 0 atom stereocenters. The number of nitrogens with zero attached hydrogens (tertiary/aromatic N) is 4. The van der Waals surface area contributed by atoms with Crippen LogP contribution in [0, 0.1) is 6.92 Å². The van der Waals surface area contributed by atoms with E-state index < -0.39 is 0 Å². The number of benzene rings is 2. The highest BCUT2D eigenvalue weighted by Crippen LogP contribution is 2.25. The third-order valence-electron chi connectivity index (χ3n) is 4.82. The van der Waals surface area contributed by atoms with Crippen molar-refractivity contribution in [2.45, 2.75) is 17.7 Å². The number of anilines is 2. The molecule has 0 radical (unpaired) electrons. The van der Waals surface area contributed by atoms with Gasteiger partial charge in [0.15, 0.2) is 0 Å². The molecular formula is C22H24N4S. The molecule has 27 heavy (non-hydrogen) atoms. The molecule has 0 spiro atoms. The quantitative estimate of drug-likeness (QED) is 0.487. The number of hydrogen-bond donors (Lipinski definition) is 0. The van der Waals surface area contributed by atoms with Gasteiger partial charge in [0.2, 0.25) is 0 Å². The standard InChI is InChI=1S/C22H24N4S/c1-18-6-5-7-19(14-18)16-27-22-15-21(23-17-24-22)26-12-10-25(11-13-26)20-8-3-2-4-9-20/h2-9,14-15,17H,10-13,16H2,1H3. The summed E-state index contributed by atoms with van der Waals surface area (Å²) >= 11 is 1.77. The number of piperazine rings is 1. The maximum atomic E-state index is 4.51. The van der Waals surface area contributed by atoms with E-state index in [-0.39, 0.29) is 0 Å². The fourth-order valence-electron chi connectivity index (χ4n) is 3.37. The number of aromatic nitrogens is 2. The van der Waals surface area contributed by atoms with Crippen LogP contribution in [0.1, 0.15) is 11.1 Å². The average molecular weight is 377 g/mol. The smallest absolute Gasteiger partial charge is 0.133 e. The minimum Gasteiger partial charge on any atom is -0.368 e. The van der Waals surface area contributed by atoms with Crippen LogP contribution in [0.15, 0.2) is 72.0 Å². The monoisotopic (exact) mass is 376 g/mol. The van der Waals surface area contributed by atoms with Crippen molar-refractivity contribution in [3.8, 4) is 0 Å². The number of para-hydroxylation sites is 1. The van der Waals surface area contributed by atoms with Crippen LogP contribution >= 0.6 is 11.8 Å². The molecule has 0 unspecified atom stereocenters. The second-order valence-corrected chi connectivity index (χ2v) is 7.80. The highest BCUT2D eigenvalue weighted by Gasteiger charge is 2.18. The third kappa shape index (κ3) is 4.61. The first kappa shape index (κ1) is 17.9. The number of rotatable bonds is 5. The first-order valence-electron chi connectivity index (χ1n) is 9.33. The van der Waals surface area contributed by atoms with E-state index >= 15 is 0 Å². The van der Waals surface area contributed by atoms with E-state index in [1.807, 2.05) is 0 Å². The van der Waals surface area contributed by atoms with Crippen molar-refractivity contribution in [3.05, 3.63) is 78.1 Å². The Kier molecular flexibility index (Phi) is 5.58. The van der Waals surface area contributed by atoms with Gasteiger partial charge in [0, 0.05) is 43.7 Å². The normalized spacial score (nSPS) is 14.4.